The summed E-state index contributed by atoms with van der Waals surface area (Å²) < 4.78 is 0. The van der Waals surface area contributed by atoms with Crippen LogP contribution >= 0.6 is 0 Å². The van der Waals surface area contributed by atoms with Gasteiger partial charge in [-0.1, -0.05) is 52.4 Å². The number of nitrogens with one attached hydrogen (secondary N) is 1. The molecule has 1 heterocycles. The molecule has 0 aliphatic carbocycles. The quantitative estimate of drug-likeness (QED) is 0.402. The van der Waals surface area contributed by atoms with E-state index in [1.807, 2.05) is 0 Å². The van der Waals surface area contributed by atoms with E-state index in [2.05, 4.69) is 19.2 Å². The molecule has 1 aliphatic heterocycles. The Morgan fingerprint density at radius 1 is 0.696 bits per heavy atom. The van der Waals surface area contributed by atoms with Gasteiger partial charge in [0, 0.05) is 11.1 Å². The number of aliphatic hydroxyl groups excluding tert-OH is 2. The molecular formula is C18H33NO4. The average Bonchev–Trinajstić information content (AvgIpc) is 2.82. The molecular weight excluding hydrogens is 294 g/mol. The number of imide groups is 1. The third kappa shape index (κ3) is 9.51. The Kier molecular flexibility index (Phi) is 13.6. The second-order valence-corrected chi connectivity index (χ2v) is 5.81. The van der Waals surface area contributed by atoms with E-state index < -0.39 is 0 Å². The average molecular weight is 327 g/mol. The fourth-order valence-corrected chi connectivity index (χ4v) is 2.51. The highest BCUT2D eigenvalue weighted by Crippen LogP contribution is 2.24. The fraction of sp³-hybridized carbons (Fsp3) is 0.778. The molecule has 23 heavy (non-hydrogen) atoms. The summed E-state index contributed by atoms with van der Waals surface area (Å²) in [4.78, 5) is 23.5. The molecule has 0 aromatic heterocycles. The van der Waals surface area contributed by atoms with Crippen LogP contribution in [0.4, 0.5) is 0 Å². The summed E-state index contributed by atoms with van der Waals surface area (Å²) in [5, 5.41) is 17.7. The highest BCUT2D eigenvalue weighted by atomic mass is 16.3. The van der Waals surface area contributed by atoms with Crippen molar-refractivity contribution in [2.45, 2.75) is 78.1 Å². The Hall–Kier alpha value is -1.20. The van der Waals surface area contributed by atoms with E-state index in [-0.39, 0.29) is 25.0 Å². The van der Waals surface area contributed by atoms with Crippen LogP contribution < -0.4 is 5.32 Å². The third-order valence-corrected chi connectivity index (χ3v) is 3.80. The lowest BCUT2D eigenvalue weighted by Gasteiger charge is -2.04. The van der Waals surface area contributed by atoms with Gasteiger partial charge in [0.05, 0.1) is 13.2 Å². The van der Waals surface area contributed by atoms with Crippen LogP contribution in [0, 0.1) is 0 Å². The Labute approximate surface area is 140 Å². The van der Waals surface area contributed by atoms with Gasteiger partial charge in [0.25, 0.3) is 11.8 Å². The van der Waals surface area contributed by atoms with Crippen molar-refractivity contribution >= 4 is 11.8 Å². The molecule has 0 unspecified atom stereocenters. The second kappa shape index (κ2) is 14.4. The smallest absolute Gasteiger partial charge is 0.254 e. The summed E-state index contributed by atoms with van der Waals surface area (Å²) in [5.74, 6) is -0.293. The van der Waals surface area contributed by atoms with Gasteiger partial charge >= 0.3 is 0 Å². The van der Waals surface area contributed by atoms with Gasteiger partial charge in [-0.15, -0.1) is 0 Å². The van der Waals surface area contributed by atoms with Crippen molar-refractivity contribution < 1.29 is 19.8 Å². The molecule has 0 radical (unpaired) electrons. The summed E-state index contributed by atoms with van der Waals surface area (Å²) in [6, 6.07) is 0. The fourth-order valence-electron chi connectivity index (χ4n) is 2.51. The summed E-state index contributed by atoms with van der Waals surface area (Å²) in [6.07, 6.45) is 10.6. The summed E-state index contributed by atoms with van der Waals surface area (Å²) >= 11 is 0. The highest BCUT2D eigenvalue weighted by molar-refractivity contribution is 6.19. The second-order valence-electron chi connectivity index (χ2n) is 5.81. The number of hydrogen-bond donors (Lipinski definition) is 3. The minimum Gasteiger partial charge on any atom is -0.394 e. The molecule has 5 heteroatoms. The van der Waals surface area contributed by atoms with E-state index in [1.54, 1.807) is 0 Å². The molecule has 5 nitrogen and oxygen atoms in total. The van der Waals surface area contributed by atoms with E-state index in [0.29, 0.717) is 0 Å². The zero-order valence-electron chi connectivity index (χ0n) is 14.7. The van der Waals surface area contributed by atoms with E-state index in [9.17, 15) is 9.59 Å². The van der Waals surface area contributed by atoms with Crippen molar-refractivity contribution in [1.82, 2.24) is 5.32 Å². The Morgan fingerprint density at radius 2 is 1.09 bits per heavy atom. The number of carbonyl (C=O) groups excluding carboxylic acids is 2. The van der Waals surface area contributed by atoms with Crippen molar-refractivity contribution in [3.8, 4) is 0 Å². The Balaban J connectivity index is 0.00000108. The SMILES string of the molecule is CCCCCCC1=C(CCCCCC)C(=O)NC1=O.OCCO. The Bertz CT molecular complexity index is 343. The topological polar surface area (TPSA) is 86.6 Å². The summed E-state index contributed by atoms with van der Waals surface area (Å²) in [7, 11) is 0. The predicted octanol–water partition coefficient (Wildman–Crippen LogP) is 2.85. The van der Waals surface area contributed by atoms with Crippen LogP contribution in [-0.2, 0) is 9.59 Å². The molecule has 0 bridgehead atoms. The van der Waals surface area contributed by atoms with Crippen LogP contribution in [0.5, 0.6) is 0 Å². The van der Waals surface area contributed by atoms with Crippen molar-refractivity contribution in [3.63, 3.8) is 0 Å². The normalized spacial score (nSPS) is 13.9. The number of hydrogen-bond acceptors (Lipinski definition) is 4. The number of carbonyl (C=O) groups is 2. The van der Waals surface area contributed by atoms with E-state index >= 15 is 0 Å². The zero-order valence-corrected chi connectivity index (χ0v) is 14.7. The van der Waals surface area contributed by atoms with Gasteiger partial charge in [-0.05, 0) is 25.7 Å². The molecule has 0 atom stereocenters. The summed E-state index contributed by atoms with van der Waals surface area (Å²) in [6.45, 7) is 4.09. The molecule has 1 rings (SSSR count). The summed E-state index contributed by atoms with van der Waals surface area (Å²) in [5.41, 5.74) is 1.52. The van der Waals surface area contributed by atoms with Gasteiger partial charge in [0.1, 0.15) is 0 Å². The standard InChI is InChI=1S/C16H27NO2.C2H6O2/c1-3-5-7-9-11-13-14(12-10-8-6-4-2)16(19)17-15(13)18;3-1-2-4/h3-12H2,1-2H3,(H,17,18,19);3-4H,1-2H2. The molecule has 134 valence electrons. The lowest BCUT2D eigenvalue weighted by molar-refractivity contribution is -0.124. The molecule has 0 saturated heterocycles. The molecule has 2 amide bonds. The lowest BCUT2D eigenvalue weighted by atomic mass is 9.98. The van der Waals surface area contributed by atoms with E-state index in [4.69, 9.17) is 10.2 Å². The van der Waals surface area contributed by atoms with Crippen LogP contribution in [0.2, 0.25) is 0 Å². The molecule has 0 aromatic carbocycles. The third-order valence-electron chi connectivity index (χ3n) is 3.80. The van der Waals surface area contributed by atoms with Crippen LogP contribution in [-0.4, -0.2) is 35.2 Å². The maximum absolute atomic E-state index is 11.8. The van der Waals surface area contributed by atoms with Crippen molar-refractivity contribution in [3.05, 3.63) is 11.1 Å². The Morgan fingerprint density at radius 3 is 1.39 bits per heavy atom. The first-order valence-corrected chi connectivity index (χ1v) is 8.91. The van der Waals surface area contributed by atoms with E-state index in [1.165, 1.54) is 25.7 Å². The van der Waals surface area contributed by atoms with Gasteiger partial charge < -0.3 is 10.2 Å². The monoisotopic (exact) mass is 327 g/mol. The molecule has 1 aliphatic rings. The van der Waals surface area contributed by atoms with Gasteiger partial charge in [-0.25, -0.2) is 0 Å². The molecule has 3 N–H and O–H groups in total. The highest BCUT2D eigenvalue weighted by Gasteiger charge is 2.28. The first kappa shape index (κ1) is 21.8. The maximum Gasteiger partial charge on any atom is 0.254 e. The minimum atomic E-state index is -0.146. The van der Waals surface area contributed by atoms with Crippen molar-refractivity contribution in [1.29, 1.82) is 0 Å². The zero-order chi connectivity index (χ0) is 17.5. The van der Waals surface area contributed by atoms with Gasteiger partial charge in [0.2, 0.25) is 0 Å². The van der Waals surface area contributed by atoms with Crippen LogP contribution in [0.25, 0.3) is 0 Å². The number of rotatable bonds is 11. The van der Waals surface area contributed by atoms with Gasteiger partial charge in [-0.2, -0.15) is 0 Å². The minimum absolute atomic E-state index is 0.125. The van der Waals surface area contributed by atoms with Crippen molar-refractivity contribution in [2.24, 2.45) is 0 Å². The van der Waals surface area contributed by atoms with Crippen LogP contribution in [0.15, 0.2) is 11.1 Å². The van der Waals surface area contributed by atoms with Gasteiger partial charge in [0.15, 0.2) is 0 Å². The molecule has 0 saturated carbocycles. The number of unbranched alkanes of at least 4 members (excludes halogenated alkanes) is 6. The molecule has 0 fully saturated rings. The first-order chi connectivity index (χ1) is 11.1. The van der Waals surface area contributed by atoms with Gasteiger partial charge in [-0.3, -0.25) is 14.9 Å². The largest absolute Gasteiger partial charge is 0.394 e. The number of aliphatic hydroxyl groups is 2. The maximum atomic E-state index is 11.8. The van der Waals surface area contributed by atoms with Crippen LogP contribution in [0.1, 0.15) is 78.1 Å². The molecule has 0 spiro atoms. The molecule has 0 aromatic rings. The van der Waals surface area contributed by atoms with Crippen molar-refractivity contribution in [2.75, 3.05) is 13.2 Å². The van der Waals surface area contributed by atoms with Crippen LogP contribution in [0.3, 0.4) is 0 Å². The first-order valence-electron chi connectivity index (χ1n) is 8.91. The van der Waals surface area contributed by atoms with E-state index in [0.717, 1.165) is 49.7 Å². The lowest BCUT2D eigenvalue weighted by Crippen LogP contribution is -2.23. The number of amides is 2. The predicted molar refractivity (Wildman–Crippen MR) is 91.9 cm³/mol.